The summed E-state index contributed by atoms with van der Waals surface area (Å²) in [5, 5.41) is 17.4. The van der Waals surface area contributed by atoms with E-state index in [-0.39, 0.29) is 11.7 Å². The van der Waals surface area contributed by atoms with E-state index in [0.29, 0.717) is 6.61 Å². The molecule has 0 heterocycles. The molecule has 0 radical (unpaired) electrons. The van der Waals surface area contributed by atoms with Crippen molar-refractivity contribution >= 4 is 17.3 Å². The molecule has 0 aliphatic carbocycles. The molecule has 0 fully saturated rings. The number of ether oxygens (including phenoxy) is 1. The summed E-state index contributed by atoms with van der Waals surface area (Å²) < 4.78 is 4.96. The first-order chi connectivity index (χ1) is 5.22. The van der Waals surface area contributed by atoms with Gasteiger partial charge in [0.2, 0.25) is 0 Å². The molecule has 0 aliphatic heterocycles. The van der Waals surface area contributed by atoms with Gasteiger partial charge in [-0.3, -0.25) is 0 Å². The summed E-state index contributed by atoms with van der Waals surface area (Å²) in [6.07, 6.45) is 0.928. The lowest BCUT2D eigenvalue weighted by Gasteiger charge is -2.09. The van der Waals surface area contributed by atoms with Gasteiger partial charge in [-0.2, -0.15) is 0 Å². The van der Waals surface area contributed by atoms with Crippen LogP contribution in [0.3, 0.4) is 0 Å². The molecule has 2 N–H and O–H groups in total. The largest absolute Gasteiger partial charge is 0.484 e. The first-order valence-corrected chi connectivity index (χ1v) is 4.08. The molecule has 0 bridgehead atoms. The van der Waals surface area contributed by atoms with Crippen LogP contribution in [0.15, 0.2) is 0 Å². The maximum Gasteiger partial charge on any atom is 0.190 e. The topological polar surface area (TPSA) is 49.7 Å². The number of aliphatic hydroxyl groups excluding tert-OH is 2. The van der Waals surface area contributed by atoms with Crippen LogP contribution in [-0.4, -0.2) is 34.6 Å². The van der Waals surface area contributed by atoms with Crippen molar-refractivity contribution in [3.63, 3.8) is 0 Å². The van der Waals surface area contributed by atoms with Crippen LogP contribution in [0.25, 0.3) is 0 Å². The highest BCUT2D eigenvalue weighted by Gasteiger charge is 2.09. The normalized spacial score (nSPS) is 12.6. The third-order valence-electron chi connectivity index (χ3n) is 1.19. The van der Waals surface area contributed by atoms with E-state index >= 15 is 0 Å². The number of hydrogen-bond donors (Lipinski definition) is 2. The van der Waals surface area contributed by atoms with Gasteiger partial charge in [0.25, 0.3) is 0 Å². The lowest BCUT2D eigenvalue weighted by atomic mass is 10.3. The number of rotatable bonds is 5. The highest BCUT2D eigenvalue weighted by atomic mass is 32.1. The lowest BCUT2D eigenvalue weighted by molar-refractivity contribution is 0.121. The van der Waals surface area contributed by atoms with Crippen molar-refractivity contribution in [3.05, 3.63) is 0 Å². The average molecular weight is 178 g/mol. The zero-order chi connectivity index (χ0) is 8.69. The summed E-state index contributed by atoms with van der Waals surface area (Å²) in [7, 11) is 0. The van der Waals surface area contributed by atoms with Crippen LogP contribution in [-0.2, 0) is 4.74 Å². The first kappa shape index (κ1) is 10.8. The molecule has 0 spiro atoms. The molecule has 3 nitrogen and oxygen atoms in total. The van der Waals surface area contributed by atoms with Crippen molar-refractivity contribution in [1.82, 2.24) is 0 Å². The highest BCUT2D eigenvalue weighted by Crippen LogP contribution is 1.94. The van der Waals surface area contributed by atoms with Crippen molar-refractivity contribution in [3.8, 4) is 0 Å². The van der Waals surface area contributed by atoms with Gasteiger partial charge in [-0.05, 0) is 18.6 Å². The Morgan fingerprint density at radius 1 is 1.64 bits per heavy atom. The predicted molar refractivity (Wildman–Crippen MR) is 46.6 cm³/mol. The number of hydrogen-bond acceptors (Lipinski definition) is 4. The van der Waals surface area contributed by atoms with Crippen molar-refractivity contribution in [2.75, 3.05) is 13.2 Å². The summed E-state index contributed by atoms with van der Waals surface area (Å²) in [6.45, 7) is 2.19. The minimum absolute atomic E-state index is 0.0842. The molecule has 0 aromatic heterocycles. The zero-order valence-electron chi connectivity index (χ0n) is 6.62. The van der Waals surface area contributed by atoms with Gasteiger partial charge in [-0.25, -0.2) is 0 Å². The van der Waals surface area contributed by atoms with E-state index in [1.54, 1.807) is 0 Å². The fraction of sp³-hybridized carbons (Fsp3) is 0.857. The van der Waals surface area contributed by atoms with E-state index in [9.17, 15) is 0 Å². The molecular formula is C7H14O3S. The smallest absolute Gasteiger partial charge is 0.190 e. The number of thiocarbonyl (C=S) groups is 1. The third kappa shape index (κ3) is 5.12. The fourth-order valence-corrected chi connectivity index (χ4v) is 0.646. The minimum atomic E-state index is -1.01. The van der Waals surface area contributed by atoms with Gasteiger partial charge in [-0.15, -0.1) is 0 Å². The van der Waals surface area contributed by atoms with Crippen LogP contribution in [0.1, 0.15) is 19.8 Å². The second kappa shape index (κ2) is 6.52. The third-order valence-corrected chi connectivity index (χ3v) is 1.58. The standard InChI is InChI=1S/C7H14O3S/c1-2-3-4-10-7(11)6(9)5-8/h6,8-9H,2-5H2,1H3. The Bertz CT molecular complexity index is 116. The maximum atomic E-state index is 8.91. The number of aliphatic hydroxyl groups is 2. The summed E-state index contributed by atoms with van der Waals surface area (Å²) in [5.41, 5.74) is 0. The van der Waals surface area contributed by atoms with Gasteiger partial charge in [-0.1, -0.05) is 13.3 Å². The Hall–Kier alpha value is -0.190. The molecule has 0 saturated carbocycles. The molecule has 1 unspecified atom stereocenters. The van der Waals surface area contributed by atoms with Crippen LogP contribution in [0, 0.1) is 0 Å². The second-order valence-electron chi connectivity index (χ2n) is 2.22. The molecule has 0 aromatic carbocycles. The fourth-order valence-electron chi connectivity index (χ4n) is 0.488. The van der Waals surface area contributed by atoms with E-state index < -0.39 is 6.10 Å². The number of unbranched alkanes of at least 4 members (excludes halogenated alkanes) is 1. The van der Waals surface area contributed by atoms with E-state index in [1.807, 2.05) is 6.92 Å². The van der Waals surface area contributed by atoms with Crippen LogP contribution < -0.4 is 0 Å². The molecular weight excluding hydrogens is 164 g/mol. The Morgan fingerprint density at radius 2 is 2.27 bits per heavy atom. The summed E-state index contributed by atoms with van der Waals surface area (Å²) in [5.74, 6) is 0. The average Bonchev–Trinajstić information content (AvgIpc) is 2.03. The van der Waals surface area contributed by atoms with Crippen molar-refractivity contribution in [1.29, 1.82) is 0 Å². The maximum absolute atomic E-state index is 8.91. The summed E-state index contributed by atoms with van der Waals surface area (Å²) in [6, 6.07) is 0. The van der Waals surface area contributed by atoms with Gasteiger partial charge >= 0.3 is 0 Å². The van der Waals surface area contributed by atoms with Gasteiger partial charge in [0.15, 0.2) is 5.05 Å². The molecule has 0 amide bonds. The Morgan fingerprint density at radius 3 is 2.73 bits per heavy atom. The van der Waals surface area contributed by atoms with Crippen molar-refractivity contribution in [2.24, 2.45) is 0 Å². The van der Waals surface area contributed by atoms with Crippen LogP contribution >= 0.6 is 12.2 Å². The molecule has 0 aromatic rings. The van der Waals surface area contributed by atoms with Crippen LogP contribution in [0.5, 0.6) is 0 Å². The monoisotopic (exact) mass is 178 g/mol. The molecule has 0 aliphatic rings. The molecule has 11 heavy (non-hydrogen) atoms. The van der Waals surface area contributed by atoms with Gasteiger partial charge < -0.3 is 14.9 Å². The lowest BCUT2D eigenvalue weighted by Crippen LogP contribution is -2.25. The van der Waals surface area contributed by atoms with Crippen LogP contribution in [0.4, 0.5) is 0 Å². The minimum Gasteiger partial charge on any atom is -0.484 e. The second-order valence-corrected chi connectivity index (χ2v) is 2.62. The van der Waals surface area contributed by atoms with E-state index in [1.165, 1.54) is 0 Å². The van der Waals surface area contributed by atoms with E-state index in [0.717, 1.165) is 12.8 Å². The molecule has 0 rings (SSSR count). The first-order valence-electron chi connectivity index (χ1n) is 3.68. The highest BCUT2D eigenvalue weighted by molar-refractivity contribution is 7.80. The SMILES string of the molecule is CCCCOC(=S)C(O)CO. The van der Waals surface area contributed by atoms with Crippen LogP contribution in [0.2, 0.25) is 0 Å². The molecule has 4 heteroatoms. The molecule has 66 valence electrons. The van der Waals surface area contributed by atoms with Crippen molar-refractivity contribution in [2.45, 2.75) is 25.9 Å². The van der Waals surface area contributed by atoms with Gasteiger partial charge in [0.05, 0.1) is 13.2 Å². The van der Waals surface area contributed by atoms with E-state index in [2.05, 4.69) is 12.2 Å². The molecule has 0 saturated heterocycles. The van der Waals surface area contributed by atoms with Crippen molar-refractivity contribution < 1.29 is 14.9 Å². The Kier molecular flexibility index (Phi) is 6.40. The van der Waals surface area contributed by atoms with E-state index in [4.69, 9.17) is 14.9 Å². The molecule has 1 atom stereocenters. The summed E-state index contributed by atoms with van der Waals surface area (Å²) >= 11 is 4.66. The van der Waals surface area contributed by atoms with Gasteiger partial charge in [0.1, 0.15) is 6.10 Å². The Labute approximate surface area is 72.0 Å². The quantitative estimate of drug-likeness (QED) is 0.475. The summed E-state index contributed by atoms with van der Waals surface area (Å²) in [4.78, 5) is 0. The zero-order valence-corrected chi connectivity index (χ0v) is 7.43. The Balaban J connectivity index is 3.36. The predicted octanol–water partition coefficient (Wildman–Crippen LogP) is 0.484. The van der Waals surface area contributed by atoms with Gasteiger partial charge in [0, 0.05) is 0 Å².